The van der Waals surface area contributed by atoms with Crippen molar-refractivity contribution in [2.75, 3.05) is 6.54 Å². The molecule has 1 aromatic carbocycles. The van der Waals surface area contributed by atoms with Crippen molar-refractivity contribution >= 4 is 5.91 Å². The van der Waals surface area contributed by atoms with Crippen LogP contribution in [0.5, 0.6) is 0 Å². The van der Waals surface area contributed by atoms with Gasteiger partial charge in [0.2, 0.25) is 5.91 Å². The molecule has 6 rings (SSSR count). The number of benzene rings is 1. The first-order valence-electron chi connectivity index (χ1n) is 11.5. The molecule has 2 unspecified atom stereocenters. The predicted molar refractivity (Wildman–Crippen MR) is 113 cm³/mol. The SMILES string of the molecule is C[C@@]12CC3CC(C(=O)N[C@H]4CC[C@H](CN)CC4)(C1)C[C@](c1ccccc1)(C3)C2. The Morgan fingerprint density at radius 1 is 1.04 bits per heavy atom. The van der Waals surface area contributed by atoms with E-state index in [9.17, 15) is 4.79 Å². The molecule has 4 bridgehead atoms. The van der Waals surface area contributed by atoms with Crippen molar-refractivity contribution in [3.8, 4) is 0 Å². The van der Waals surface area contributed by atoms with Crippen molar-refractivity contribution in [1.29, 1.82) is 0 Å². The fourth-order valence-electron chi connectivity index (χ4n) is 8.17. The molecule has 1 amide bonds. The van der Waals surface area contributed by atoms with E-state index in [0.717, 1.165) is 38.6 Å². The Hall–Kier alpha value is -1.35. The van der Waals surface area contributed by atoms with Crippen molar-refractivity contribution in [3.05, 3.63) is 35.9 Å². The number of nitrogens with two attached hydrogens (primary N) is 1. The number of rotatable bonds is 4. The summed E-state index contributed by atoms with van der Waals surface area (Å²) < 4.78 is 0. The summed E-state index contributed by atoms with van der Waals surface area (Å²) in [5.41, 5.74) is 7.72. The van der Waals surface area contributed by atoms with Gasteiger partial charge in [0.25, 0.3) is 0 Å². The van der Waals surface area contributed by atoms with Crippen molar-refractivity contribution < 1.29 is 4.79 Å². The second kappa shape index (κ2) is 6.58. The minimum Gasteiger partial charge on any atom is -0.353 e. The standard InChI is InChI=1S/C25H36N2O/c1-23-11-19-12-24(15-23,20-5-3-2-4-6-20)17-25(13-19,16-23)22(28)27-21-9-7-18(14-26)8-10-21/h2-6,18-19,21H,7-17,26H2,1H3,(H,27,28)/t18-,19?,21-,23-,24-,25?/m0/s1. The third-order valence-electron chi connectivity index (χ3n) is 8.73. The van der Waals surface area contributed by atoms with Gasteiger partial charge >= 0.3 is 0 Å². The van der Waals surface area contributed by atoms with Gasteiger partial charge in [0.15, 0.2) is 0 Å². The first-order chi connectivity index (χ1) is 13.4. The van der Waals surface area contributed by atoms with Crippen LogP contribution >= 0.6 is 0 Å². The lowest BCUT2D eigenvalue weighted by atomic mass is 9.38. The summed E-state index contributed by atoms with van der Waals surface area (Å²) in [6, 6.07) is 11.5. The molecule has 3 nitrogen and oxygen atoms in total. The van der Waals surface area contributed by atoms with Crippen molar-refractivity contribution in [2.24, 2.45) is 28.4 Å². The van der Waals surface area contributed by atoms with Gasteiger partial charge in [0.1, 0.15) is 0 Å². The quantitative estimate of drug-likeness (QED) is 0.805. The Bertz CT molecular complexity index is 740. The van der Waals surface area contributed by atoms with Gasteiger partial charge in [0, 0.05) is 6.04 Å². The highest BCUT2D eigenvalue weighted by Gasteiger charge is 2.64. The largest absolute Gasteiger partial charge is 0.353 e. The second-order valence-electron chi connectivity index (χ2n) is 11.2. The Balaban J connectivity index is 1.39. The molecule has 28 heavy (non-hydrogen) atoms. The van der Waals surface area contributed by atoms with Crippen LogP contribution in [0.4, 0.5) is 0 Å². The molecule has 5 aliphatic rings. The second-order valence-corrected chi connectivity index (χ2v) is 11.2. The van der Waals surface area contributed by atoms with Gasteiger partial charge in [-0.05, 0) is 99.0 Å². The summed E-state index contributed by atoms with van der Waals surface area (Å²) >= 11 is 0. The average molecular weight is 381 g/mol. The lowest BCUT2D eigenvalue weighted by molar-refractivity contribution is -0.161. The number of amides is 1. The van der Waals surface area contributed by atoms with Crippen molar-refractivity contribution in [3.63, 3.8) is 0 Å². The molecule has 0 saturated heterocycles. The van der Waals surface area contributed by atoms with E-state index in [1.54, 1.807) is 0 Å². The summed E-state index contributed by atoms with van der Waals surface area (Å²) in [5, 5.41) is 3.53. The molecule has 5 aliphatic carbocycles. The van der Waals surface area contributed by atoms with Crippen LogP contribution in [0.2, 0.25) is 0 Å². The van der Waals surface area contributed by atoms with Gasteiger partial charge in [-0.15, -0.1) is 0 Å². The van der Waals surface area contributed by atoms with Crippen LogP contribution in [0.15, 0.2) is 30.3 Å². The Labute approximate surface area is 169 Å². The average Bonchev–Trinajstić information content (AvgIpc) is 2.67. The molecular weight excluding hydrogens is 344 g/mol. The van der Waals surface area contributed by atoms with E-state index < -0.39 is 0 Å². The van der Waals surface area contributed by atoms with Crippen LogP contribution in [0.1, 0.15) is 76.7 Å². The third-order valence-corrected chi connectivity index (χ3v) is 8.73. The maximum absolute atomic E-state index is 13.7. The van der Waals surface area contributed by atoms with Gasteiger partial charge in [0.05, 0.1) is 5.41 Å². The number of carbonyl (C=O) groups excluding carboxylic acids is 1. The minimum atomic E-state index is -0.144. The maximum Gasteiger partial charge on any atom is 0.226 e. The zero-order valence-corrected chi connectivity index (χ0v) is 17.4. The molecule has 3 N–H and O–H groups in total. The first kappa shape index (κ1) is 18.7. The van der Waals surface area contributed by atoms with E-state index in [-0.39, 0.29) is 10.8 Å². The molecule has 0 aromatic heterocycles. The number of hydrogen-bond acceptors (Lipinski definition) is 2. The van der Waals surface area contributed by atoms with Crippen LogP contribution in [-0.2, 0) is 10.2 Å². The van der Waals surface area contributed by atoms with Crippen LogP contribution in [0.25, 0.3) is 0 Å². The third kappa shape index (κ3) is 3.01. The number of hydrogen-bond donors (Lipinski definition) is 2. The highest BCUT2D eigenvalue weighted by molar-refractivity contribution is 5.84. The van der Waals surface area contributed by atoms with Gasteiger partial charge in [-0.3, -0.25) is 4.79 Å². The topological polar surface area (TPSA) is 55.1 Å². The zero-order valence-electron chi connectivity index (χ0n) is 17.4. The van der Waals surface area contributed by atoms with Crippen LogP contribution < -0.4 is 11.1 Å². The molecule has 4 atom stereocenters. The molecule has 0 aliphatic heterocycles. The molecule has 5 saturated carbocycles. The van der Waals surface area contributed by atoms with E-state index >= 15 is 0 Å². The Kier molecular flexibility index (Phi) is 4.39. The van der Waals surface area contributed by atoms with Gasteiger partial charge < -0.3 is 11.1 Å². The highest BCUT2D eigenvalue weighted by Crippen LogP contribution is 2.70. The fourth-order valence-corrected chi connectivity index (χ4v) is 8.17. The minimum absolute atomic E-state index is 0.144. The van der Waals surface area contributed by atoms with Gasteiger partial charge in [-0.2, -0.15) is 0 Å². The van der Waals surface area contributed by atoms with E-state index in [1.807, 2.05) is 0 Å². The van der Waals surface area contributed by atoms with Crippen LogP contribution in [0.3, 0.4) is 0 Å². The predicted octanol–water partition coefficient (Wildman–Crippen LogP) is 4.55. The monoisotopic (exact) mass is 380 g/mol. The number of carbonyl (C=O) groups is 1. The van der Waals surface area contributed by atoms with Crippen molar-refractivity contribution in [2.45, 2.75) is 82.6 Å². The smallest absolute Gasteiger partial charge is 0.226 e. The first-order valence-corrected chi connectivity index (χ1v) is 11.5. The molecule has 0 heterocycles. The molecule has 0 radical (unpaired) electrons. The summed E-state index contributed by atoms with van der Waals surface area (Å²) in [4.78, 5) is 13.7. The van der Waals surface area contributed by atoms with Crippen LogP contribution in [-0.4, -0.2) is 18.5 Å². The van der Waals surface area contributed by atoms with Crippen LogP contribution in [0, 0.1) is 22.7 Å². The molecule has 1 aromatic rings. The Morgan fingerprint density at radius 3 is 2.46 bits per heavy atom. The maximum atomic E-state index is 13.7. The lowest BCUT2D eigenvalue weighted by Gasteiger charge is -2.65. The van der Waals surface area contributed by atoms with E-state index in [2.05, 4.69) is 42.6 Å². The zero-order chi connectivity index (χ0) is 19.4. The highest BCUT2D eigenvalue weighted by atomic mass is 16.2. The van der Waals surface area contributed by atoms with Gasteiger partial charge in [-0.1, -0.05) is 37.3 Å². The molecule has 0 spiro atoms. The molecule has 5 fully saturated rings. The van der Waals surface area contributed by atoms with Gasteiger partial charge in [-0.25, -0.2) is 0 Å². The fraction of sp³-hybridized carbons (Fsp3) is 0.720. The van der Waals surface area contributed by atoms with E-state index in [1.165, 1.54) is 37.7 Å². The Morgan fingerprint density at radius 2 is 1.79 bits per heavy atom. The molecule has 152 valence electrons. The van der Waals surface area contributed by atoms with E-state index in [0.29, 0.717) is 29.2 Å². The lowest BCUT2D eigenvalue weighted by Crippen LogP contribution is -2.62. The molecule has 3 heteroatoms. The molecular formula is C25H36N2O. The summed E-state index contributed by atoms with van der Waals surface area (Å²) in [6.07, 6.45) is 11.7. The number of nitrogens with one attached hydrogen (secondary N) is 1. The summed E-state index contributed by atoms with van der Waals surface area (Å²) in [7, 11) is 0. The van der Waals surface area contributed by atoms with E-state index in [4.69, 9.17) is 5.73 Å². The summed E-state index contributed by atoms with van der Waals surface area (Å²) in [6.45, 7) is 3.26. The normalized spacial score (nSPS) is 44.4. The summed E-state index contributed by atoms with van der Waals surface area (Å²) in [5.74, 6) is 1.74. The van der Waals surface area contributed by atoms with Crippen molar-refractivity contribution in [1.82, 2.24) is 5.32 Å².